The number of rotatable bonds is 32. The molecule has 0 saturated heterocycles. The van der Waals surface area contributed by atoms with Crippen LogP contribution in [0.5, 0.6) is 0 Å². The van der Waals surface area contributed by atoms with E-state index in [1.807, 2.05) is 129 Å². The van der Waals surface area contributed by atoms with E-state index in [1.54, 1.807) is 36.8 Å². The highest BCUT2D eigenvalue weighted by Gasteiger charge is 2.26. The fourth-order valence-corrected chi connectivity index (χ4v) is 16.2. The van der Waals surface area contributed by atoms with Gasteiger partial charge in [-0.2, -0.15) is 0 Å². The standard InChI is InChI=1S/2C15H21N3O.C15H20N2O2.C15H22N2O.2C14H19N3O.C14H20N2O2.C14H18N2O2/c1-9(2)12(5)16-7-13-10(3)6-14-17-11(4)8-18(14)15(13)19;1-9(2)11(4)16-7-13-12(5)17-14-6-10(3)8-18(14)15(13)19;1-9(2)12(5)16-8-14-10(3)6-13-7-11(4)19-17(13)15(14)18;1-10(2)12(4)16-9-14-11(3)8-13-6-5-7-17(13)15(14)18;1-9(2)11(4)16-7-13-10(3)5-12-6-15-8-17(12)14(13)18;1-9(2)11(4)16-8-12-10(3)7-13-15-5-6-17(13)14(12)18;2*1-9(2)11(4)15-8-13-10(3)7-12-5-6-18-16(12)14(13)17/h6,9,16H,5,7-8H2,1-4H3;6,9,16H,4,7-8H2,1-3,5H3;6-7,9,16H,5,8H2,1-4H3;8,10,16H,4-7,9H2,1-3H3;5-6,9,16H,4,7-8H2,1-3H3;5,7,9,16H,4,6,8H2,1-3H3;7,9,15H,4-6,8H2,1-3H3;5-7,9,15H,4,8H2,1-3H3. The highest BCUT2D eigenvalue weighted by molar-refractivity contribution is 5.87. The number of aryl methyl sites for hydroxylation is 10. The van der Waals surface area contributed by atoms with Gasteiger partial charge in [0, 0.05) is 192 Å². The molecule has 147 heavy (non-hydrogen) atoms. The molecular formula is C116H160N20O11. The van der Waals surface area contributed by atoms with Gasteiger partial charge in [-0.1, -0.05) is 163 Å². The Morgan fingerprint density at radius 1 is 0.381 bits per heavy atom. The summed E-state index contributed by atoms with van der Waals surface area (Å²) in [4.78, 5) is 121. The highest BCUT2D eigenvalue weighted by atomic mass is 16.7. The predicted octanol–water partition coefficient (Wildman–Crippen LogP) is 17.7. The second kappa shape index (κ2) is 52.0. The zero-order chi connectivity index (χ0) is 109. The quantitative estimate of drug-likeness (QED) is 0.0194. The third kappa shape index (κ3) is 29.9. The second-order valence-corrected chi connectivity index (χ2v) is 41.1. The van der Waals surface area contributed by atoms with E-state index in [2.05, 4.69) is 232 Å². The molecule has 10 aromatic heterocycles. The summed E-state index contributed by atoms with van der Waals surface area (Å²) in [6.45, 7) is 94.1. The number of allylic oxidation sites excluding steroid dienone is 9. The SMILES string of the molecule is C=C(NCc1c(C)cc2cc(C)on2c1=O)C(C)C.C=C(NCc1c(C)cc2ccon2c1=O)C(C)C.C=C(NCc1c(C)cc2n(c1=O)CC(C)=N2)C(C)C.C=C(NCc1c(C)cc2n(c1=O)CC=N2)C(C)C.C=C(NCc1c(C)cc2n(c1=O)CCC2)C(C)C.C=C(NCc1c(C)cc2n(c1=O)CN=C2)C(C)C.C=C(NCc1c(C)cc2n(c1=O)OCC2)C(C)C.C=C(NCc1c(C)nc2n(c1=O)CC(C)=C2)C(C)C. The van der Waals surface area contributed by atoms with Crippen LogP contribution in [0.4, 0.5) is 11.6 Å². The monoisotopic (exact) mass is 2010 g/mol. The Kier molecular flexibility index (Phi) is 41.1. The van der Waals surface area contributed by atoms with Gasteiger partial charge in [0.05, 0.1) is 46.8 Å². The Bertz CT molecular complexity index is 6880. The van der Waals surface area contributed by atoms with Crippen LogP contribution in [-0.2, 0) is 98.0 Å². The van der Waals surface area contributed by atoms with Crippen LogP contribution in [0, 0.1) is 110 Å². The van der Waals surface area contributed by atoms with Crippen LogP contribution >= 0.6 is 0 Å². The normalized spacial score (nSPS) is 12.8. The zero-order valence-corrected chi connectivity index (χ0v) is 92.2. The molecule has 0 atom stereocenters. The predicted molar refractivity (Wildman–Crippen MR) is 599 cm³/mol. The average molecular weight is 2010 g/mol. The van der Waals surface area contributed by atoms with Gasteiger partial charge in [-0.05, 0) is 229 Å². The lowest BCUT2D eigenvalue weighted by atomic mass is 10.1. The number of pyridine rings is 7. The number of nitrogens with zero attached hydrogens (tertiary/aromatic N) is 12. The maximum Gasteiger partial charge on any atom is 0.289 e. The molecule has 31 heteroatoms. The molecule has 0 radical (unpaired) electrons. The third-order valence-corrected chi connectivity index (χ3v) is 27.0. The summed E-state index contributed by atoms with van der Waals surface area (Å²) in [5, 5.41) is 25.8. The summed E-state index contributed by atoms with van der Waals surface area (Å²) in [6.07, 6.45) is 9.92. The van der Waals surface area contributed by atoms with Crippen molar-refractivity contribution >= 4 is 46.9 Å². The summed E-state index contributed by atoms with van der Waals surface area (Å²) in [7, 11) is 0. The number of hydrogen-bond acceptors (Lipinski definition) is 23. The van der Waals surface area contributed by atoms with Crippen LogP contribution < -0.4 is 91.8 Å². The van der Waals surface area contributed by atoms with Gasteiger partial charge in [0.25, 0.3) is 44.5 Å². The first-order valence-electron chi connectivity index (χ1n) is 51.0. The molecule has 6 aliphatic heterocycles. The summed E-state index contributed by atoms with van der Waals surface area (Å²) < 4.78 is 23.4. The van der Waals surface area contributed by atoms with Crippen molar-refractivity contribution in [1.82, 2.24) is 84.2 Å². The molecule has 31 nitrogen and oxygen atoms in total. The summed E-state index contributed by atoms with van der Waals surface area (Å²) in [6, 6.07) is 17.7. The number of nitrogens with one attached hydrogen (secondary N) is 8. The molecule has 0 unspecified atom stereocenters. The van der Waals surface area contributed by atoms with Crippen molar-refractivity contribution in [1.29, 1.82) is 0 Å². The Labute approximate surface area is 865 Å². The first-order valence-corrected chi connectivity index (χ1v) is 51.0. The molecule has 8 N–H and O–H groups in total. The Morgan fingerprint density at radius 3 is 1.23 bits per heavy atom. The minimum Gasteiger partial charge on any atom is -0.410 e. The van der Waals surface area contributed by atoms with Crippen molar-refractivity contribution in [3.05, 3.63) is 365 Å². The van der Waals surface area contributed by atoms with Gasteiger partial charge in [-0.15, -0.1) is 13.9 Å². The van der Waals surface area contributed by atoms with E-state index in [0.717, 1.165) is 201 Å². The lowest BCUT2D eigenvalue weighted by Crippen LogP contribution is -2.31. The molecule has 790 valence electrons. The number of fused-ring (bicyclic) bond motifs is 8. The van der Waals surface area contributed by atoms with Crippen LogP contribution in [0.1, 0.15) is 249 Å². The van der Waals surface area contributed by atoms with Gasteiger partial charge in [0.2, 0.25) is 0 Å². The molecular weight excluding hydrogens is 1850 g/mol. The van der Waals surface area contributed by atoms with Crippen molar-refractivity contribution in [2.45, 2.75) is 291 Å². The van der Waals surface area contributed by atoms with Gasteiger partial charge >= 0.3 is 0 Å². The maximum absolute atomic E-state index is 12.4. The molecule has 0 aromatic carbocycles. The molecule has 16 heterocycles. The van der Waals surface area contributed by atoms with E-state index in [9.17, 15) is 38.4 Å². The molecule has 0 fully saturated rings. The smallest absolute Gasteiger partial charge is 0.289 e. The van der Waals surface area contributed by atoms with Gasteiger partial charge in [0.15, 0.2) is 0 Å². The first-order chi connectivity index (χ1) is 69.2. The summed E-state index contributed by atoms with van der Waals surface area (Å²) in [5.41, 5.74) is 28.5. The molecule has 0 saturated carbocycles. The Hall–Kier alpha value is -14.5. The van der Waals surface area contributed by atoms with E-state index in [1.165, 1.54) is 31.4 Å². The molecule has 6 aliphatic rings. The van der Waals surface area contributed by atoms with Crippen molar-refractivity contribution in [2.24, 2.45) is 62.3 Å². The summed E-state index contributed by atoms with van der Waals surface area (Å²) >= 11 is 0. The first kappa shape index (κ1) is 116. The number of aliphatic imine (C=N–C) groups is 3. The topological polar surface area (TPSA) is 357 Å². The van der Waals surface area contributed by atoms with Crippen LogP contribution in [0.3, 0.4) is 0 Å². The molecule has 0 bridgehead atoms. The Balaban J connectivity index is 0.000000187. The third-order valence-electron chi connectivity index (χ3n) is 27.0. The van der Waals surface area contributed by atoms with Gasteiger partial charge < -0.3 is 61.0 Å². The van der Waals surface area contributed by atoms with Crippen LogP contribution in [-0.4, -0.2) is 66.4 Å². The zero-order valence-electron chi connectivity index (χ0n) is 92.2. The largest absolute Gasteiger partial charge is 0.410 e. The van der Waals surface area contributed by atoms with Crippen LogP contribution in [0.2, 0.25) is 0 Å². The molecule has 10 aromatic rings. The van der Waals surface area contributed by atoms with Crippen LogP contribution in [0.15, 0.2) is 227 Å². The van der Waals surface area contributed by atoms with Crippen molar-refractivity contribution in [3.63, 3.8) is 0 Å². The second-order valence-electron chi connectivity index (χ2n) is 41.1. The van der Waals surface area contributed by atoms with E-state index in [-0.39, 0.29) is 44.5 Å². The highest BCUT2D eigenvalue weighted by Crippen LogP contribution is 2.26. The lowest BCUT2D eigenvalue weighted by molar-refractivity contribution is 0.140. The van der Waals surface area contributed by atoms with E-state index in [0.29, 0.717) is 144 Å². The van der Waals surface area contributed by atoms with E-state index in [4.69, 9.17) is 13.9 Å². The maximum atomic E-state index is 12.4. The Morgan fingerprint density at radius 2 is 0.762 bits per heavy atom. The number of hydrogen-bond donors (Lipinski definition) is 8. The van der Waals surface area contributed by atoms with Gasteiger partial charge in [-0.3, -0.25) is 61.6 Å². The molecule has 0 aliphatic carbocycles. The minimum absolute atomic E-state index is 0.0477. The lowest BCUT2D eigenvalue weighted by Gasteiger charge is -2.15. The van der Waals surface area contributed by atoms with E-state index >= 15 is 0 Å². The number of aromatic nitrogens is 9. The minimum atomic E-state index is -0.112. The van der Waals surface area contributed by atoms with Crippen LogP contribution in [0.25, 0.3) is 17.1 Å². The summed E-state index contributed by atoms with van der Waals surface area (Å²) in [5.74, 6) is 5.92. The van der Waals surface area contributed by atoms with E-state index < -0.39 is 0 Å². The van der Waals surface area contributed by atoms with Gasteiger partial charge in [0.1, 0.15) is 42.8 Å². The molecule has 0 amide bonds. The fourth-order valence-electron chi connectivity index (χ4n) is 16.2. The average Bonchev–Trinajstić information content (AvgIpc) is 2.08. The molecule has 16 rings (SSSR count). The van der Waals surface area contributed by atoms with Crippen molar-refractivity contribution in [2.75, 3.05) is 6.61 Å². The van der Waals surface area contributed by atoms with Crippen molar-refractivity contribution in [3.8, 4) is 0 Å². The fraction of sp³-hybridized carbons (Fsp3) is 0.448. The van der Waals surface area contributed by atoms with Gasteiger partial charge in [-0.25, -0.2) is 15.0 Å². The van der Waals surface area contributed by atoms with Crippen molar-refractivity contribution < 1.29 is 13.9 Å². The molecule has 0 spiro atoms.